The standard InChI is InChI=1S/C29H48B3N7O7S/c1-29(2,47-3)22(40)10-6-4-8-12-33-23(41)17-38(19-25(43)35-30)18-24(42)34-13-9-5-7-11-26(44)39-15-20(27(45)36-31)14-21(16-39)28(46)37-32/h20-21H,4-19H2,1-3H3,(H,33,41)(H,34,42)(H,35,43)(H,36,45)(H,37,46). The molecule has 6 radical (unpaired) electrons. The van der Waals surface area contributed by atoms with Gasteiger partial charge in [-0.25, -0.2) is 0 Å². The molecule has 1 rings (SSSR count). The predicted molar refractivity (Wildman–Crippen MR) is 182 cm³/mol. The fourth-order valence-corrected chi connectivity index (χ4v) is 5.38. The van der Waals surface area contributed by atoms with Crippen LogP contribution in [-0.2, 0) is 33.6 Å². The summed E-state index contributed by atoms with van der Waals surface area (Å²) in [6.07, 6.45) is 6.80. The van der Waals surface area contributed by atoms with Crippen LogP contribution in [0, 0.1) is 11.8 Å². The van der Waals surface area contributed by atoms with Gasteiger partial charge in [-0.1, -0.05) is 12.8 Å². The molecule has 47 heavy (non-hydrogen) atoms. The van der Waals surface area contributed by atoms with E-state index in [1.165, 1.54) is 21.6 Å². The molecule has 0 spiro atoms. The van der Waals surface area contributed by atoms with Crippen LogP contribution in [0.1, 0.15) is 71.6 Å². The lowest BCUT2D eigenvalue weighted by molar-refractivity contribution is -0.139. The zero-order valence-corrected chi connectivity index (χ0v) is 28.7. The molecule has 256 valence electrons. The highest BCUT2D eigenvalue weighted by molar-refractivity contribution is 8.00. The molecule has 1 saturated heterocycles. The largest absolute Gasteiger partial charge is 0.409 e. The summed E-state index contributed by atoms with van der Waals surface area (Å²) < 4.78 is -0.400. The van der Waals surface area contributed by atoms with Gasteiger partial charge >= 0.3 is 0 Å². The number of piperidine rings is 1. The van der Waals surface area contributed by atoms with E-state index in [-0.39, 0.29) is 69.1 Å². The first-order chi connectivity index (χ1) is 22.3. The minimum absolute atomic E-state index is 0.155. The van der Waals surface area contributed by atoms with Gasteiger partial charge in [-0.05, 0) is 52.2 Å². The third kappa shape index (κ3) is 16.6. The molecule has 0 saturated carbocycles. The zero-order chi connectivity index (χ0) is 35.4. The Bertz CT molecular complexity index is 1060. The zero-order valence-electron chi connectivity index (χ0n) is 27.9. The summed E-state index contributed by atoms with van der Waals surface area (Å²) in [6.45, 7) is 4.25. The van der Waals surface area contributed by atoms with Crippen molar-refractivity contribution >= 4 is 76.9 Å². The van der Waals surface area contributed by atoms with E-state index in [1.807, 2.05) is 25.3 Å². The molecular formula is C29H48B3N7O7S. The molecule has 1 aliphatic heterocycles. The van der Waals surface area contributed by atoms with Crippen molar-refractivity contribution in [1.82, 2.24) is 36.1 Å². The first-order valence-electron chi connectivity index (χ1n) is 15.9. The molecule has 0 aromatic heterocycles. The van der Waals surface area contributed by atoms with Gasteiger partial charge in [0.05, 0.1) is 36.2 Å². The lowest BCUT2D eigenvalue weighted by atomic mass is 9.87. The van der Waals surface area contributed by atoms with E-state index in [0.29, 0.717) is 45.2 Å². The molecule has 0 aromatic rings. The monoisotopic (exact) mass is 671 g/mol. The minimum Gasteiger partial charge on any atom is -0.409 e. The number of carbonyl (C=O) groups excluding carboxylic acids is 7. The van der Waals surface area contributed by atoms with E-state index in [2.05, 4.69) is 21.1 Å². The molecule has 1 aliphatic rings. The maximum Gasteiger partial charge on any atom is 0.234 e. The molecule has 14 nitrogen and oxygen atoms in total. The number of unbranched alkanes of at least 4 members (excludes halogenated alkanes) is 4. The van der Waals surface area contributed by atoms with E-state index in [9.17, 15) is 33.6 Å². The number of nitrogens with one attached hydrogen (secondary N) is 5. The van der Waals surface area contributed by atoms with Crippen molar-refractivity contribution in [2.75, 3.05) is 52.1 Å². The second-order valence-corrected chi connectivity index (χ2v) is 13.5. The Balaban J connectivity index is 2.39. The Morgan fingerprint density at radius 1 is 0.702 bits per heavy atom. The van der Waals surface area contributed by atoms with Crippen LogP contribution >= 0.6 is 11.8 Å². The van der Waals surface area contributed by atoms with Crippen LogP contribution < -0.4 is 26.3 Å². The summed E-state index contributed by atoms with van der Waals surface area (Å²) in [4.78, 5) is 88.8. The molecule has 2 unspecified atom stereocenters. The summed E-state index contributed by atoms with van der Waals surface area (Å²) in [5.41, 5.74) is 0. The van der Waals surface area contributed by atoms with Crippen molar-refractivity contribution in [2.45, 2.75) is 76.4 Å². The summed E-state index contributed by atoms with van der Waals surface area (Å²) in [7, 11) is 15.7. The van der Waals surface area contributed by atoms with Crippen molar-refractivity contribution in [3.05, 3.63) is 0 Å². The molecule has 0 bridgehead atoms. The lowest BCUT2D eigenvalue weighted by Gasteiger charge is -2.36. The predicted octanol–water partition coefficient (Wildman–Crippen LogP) is -1.58. The van der Waals surface area contributed by atoms with Gasteiger partial charge in [0.15, 0.2) is 0 Å². The number of carbonyl (C=O) groups is 7. The van der Waals surface area contributed by atoms with Gasteiger partial charge in [0.2, 0.25) is 59.4 Å². The van der Waals surface area contributed by atoms with Crippen molar-refractivity contribution < 1.29 is 33.6 Å². The summed E-state index contributed by atoms with van der Waals surface area (Å²) in [5.74, 6) is -3.42. The molecule has 18 heteroatoms. The van der Waals surface area contributed by atoms with Gasteiger partial charge in [-0.3, -0.25) is 38.5 Å². The number of rotatable bonds is 22. The van der Waals surface area contributed by atoms with Crippen LogP contribution in [0.5, 0.6) is 0 Å². The van der Waals surface area contributed by atoms with Gasteiger partial charge in [0.1, 0.15) is 5.78 Å². The number of nitrogens with zero attached hydrogens (tertiary/aromatic N) is 2. The Labute approximate surface area is 286 Å². The number of Topliss-reactive ketones (excluding diaryl/α,β-unsaturated/α-hetero) is 1. The Kier molecular flexibility index (Phi) is 20.2. The van der Waals surface area contributed by atoms with Crippen molar-refractivity contribution in [3.63, 3.8) is 0 Å². The average molecular weight is 671 g/mol. The van der Waals surface area contributed by atoms with Crippen LogP contribution in [0.4, 0.5) is 0 Å². The second kappa shape index (κ2) is 22.5. The van der Waals surface area contributed by atoms with Crippen LogP contribution in [0.3, 0.4) is 0 Å². The van der Waals surface area contributed by atoms with Crippen LogP contribution in [-0.4, -0.2) is 132 Å². The molecule has 0 aromatic carbocycles. The van der Waals surface area contributed by atoms with Gasteiger partial charge < -0.3 is 31.2 Å². The smallest absolute Gasteiger partial charge is 0.234 e. The van der Waals surface area contributed by atoms with E-state index in [1.54, 1.807) is 0 Å². The summed E-state index contributed by atoms with van der Waals surface area (Å²) in [6, 6.07) is 0. The number of thioether (sulfide) groups is 1. The molecular weight excluding hydrogens is 623 g/mol. The molecule has 6 amide bonds. The maximum atomic E-state index is 12.8. The Hall–Kier alpha value is -3.01. The van der Waals surface area contributed by atoms with E-state index < -0.39 is 34.3 Å². The SMILES string of the molecule is [B]NC(=O)CN(CC(=O)NCCCCCC(=O)N1CC(C(=O)N[B])CC(C(=O)N[B])C1)CC(=O)NCCCCCC(=O)C(C)(C)SC. The molecule has 2 atom stereocenters. The topological polar surface area (TPSA) is 186 Å². The van der Waals surface area contributed by atoms with Gasteiger partial charge in [-0.15, -0.1) is 0 Å². The van der Waals surface area contributed by atoms with Crippen LogP contribution in [0.2, 0.25) is 0 Å². The number of hydrogen-bond donors (Lipinski definition) is 5. The third-order valence-electron chi connectivity index (χ3n) is 8.07. The Morgan fingerprint density at radius 3 is 1.62 bits per heavy atom. The number of ketones is 1. The van der Waals surface area contributed by atoms with Gasteiger partial charge in [0.25, 0.3) is 0 Å². The third-order valence-corrected chi connectivity index (χ3v) is 9.31. The van der Waals surface area contributed by atoms with E-state index in [4.69, 9.17) is 23.9 Å². The van der Waals surface area contributed by atoms with Crippen molar-refractivity contribution in [2.24, 2.45) is 11.8 Å². The molecule has 0 aliphatic carbocycles. The molecule has 5 N–H and O–H groups in total. The molecule has 1 fully saturated rings. The maximum absolute atomic E-state index is 12.8. The fourth-order valence-electron chi connectivity index (χ4n) is 5.05. The fraction of sp³-hybridized carbons (Fsp3) is 0.759. The molecule has 1 heterocycles. The second-order valence-electron chi connectivity index (χ2n) is 12.1. The average Bonchev–Trinajstić information content (AvgIpc) is 3.06. The number of likely N-dealkylation sites (tertiary alicyclic amines) is 1. The summed E-state index contributed by atoms with van der Waals surface area (Å²) in [5, 5.41) is 11.7. The highest BCUT2D eigenvalue weighted by Crippen LogP contribution is 2.25. The van der Waals surface area contributed by atoms with Crippen molar-refractivity contribution in [1.29, 1.82) is 0 Å². The first kappa shape index (κ1) is 42.0. The Morgan fingerprint density at radius 2 is 1.17 bits per heavy atom. The van der Waals surface area contributed by atoms with Gasteiger partial charge in [-0.2, -0.15) is 11.8 Å². The highest BCUT2D eigenvalue weighted by atomic mass is 32.2. The van der Waals surface area contributed by atoms with E-state index >= 15 is 0 Å². The summed E-state index contributed by atoms with van der Waals surface area (Å²) >= 11 is 1.52. The van der Waals surface area contributed by atoms with E-state index in [0.717, 1.165) is 12.8 Å². The lowest BCUT2D eigenvalue weighted by Crippen LogP contribution is -2.51. The van der Waals surface area contributed by atoms with Crippen LogP contribution in [0.15, 0.2) is 0 Å². The highest BCUT2D eigenvalue weighted by Gasteiger charge is 2.36. The minimum atomic E-state index is -0.623. The number of hydrogen-bond acceptors (Lipinski definition) is 9. The quantitative estimate of drug-likeness (QED) is 0.0669. The van der Waals surface area contributed by atoms with Crippen molar-refractivity contribution in [3.8, 4) is 0 Å². The number of amides is 6. The normalized spacial score (nSPS) is 16.2. The van der Waals surface area contributed by atoms with Gasteiger partial charge in [0, 0.05) is 39.0 Å². The van der Waals surface area contributed by atoms with Crippen LogP contribution in [0.25, 0.3) is 0 Å². The first-order valence-corrected chi connectivity index (χ1v) is 17.1.